The molecule has 0 saturated carbocycles. The summed E-state index contributed by atoms with van der Waals surface area (Å²) in [5.74, 6) is 0.838. The highest BCUT2D eigenvalue weighted by molar-refractivity contribution is 5.76. The summed E-state index contributed by atoms with van der Waals surface area (Å²) in [7, 11) is 2.03. The average molecular weight is 412 g/mol. The van der Waals surface area contributed by atoms with E-state index in [9.17, 15) is 9.59 Å². The Labute approximate surface area is 178 Å². The molecule has 0 aliphatic carbocycles. The van der Waals surface area contributed by atoms with Crippen molar-refractivity contribution in [3.63, 3.8) is 0 Å². The van der Waals surface area contributed by atoms with Crippen molar-refractivity contribution >= 4 is 11.9 Å². The lowest BCUT2D eigenvalue weighted by atomic mass is 10.2. The number of benzene rings is 1. The van der Waals surface area contributed by atoms with Crippen molar-refractivity contribution < 1.29 is 4.79 Å². The molecular weight excluding hydrogens is 378 g/mol. The molecule has 1 aliphatic rings. The van der Waals surface area contributed by atoms with Gasteiger partial charge in [0.25, 0.3) is 5.56 Å². The molecule has 162 valence electrons. The summed E-state index contributed by atoms with van der Waals surface area (Å²) in [4.78, 5) is 38.4. The molecule has 1 fully saturated rings. The van der Waals surface area contributed by atoms with Crippen LogP contribution in [0.25, 0.3) is 0 Å². The Hall–Kier alpha value is -2.67. The van der Waals surface area contributed by atoms with Gasteiger partial charge in [-0.25, -0.2) is 4.98 Å². The number of aromatic nitrogens is 2. The van der Waals surface area contributed by atoms with E-state index in [1.54, 1.807) is 6.07 Å². The number of aromatic amines is 1. The summed E-state index contributed by atoms with van der Waals surface area (Å²) in [5.41, 5.74) is 1.85. The van der Waals surface area contributed by atoms with E-state index in [-0.39, 0.29) is 11.5 Å². The van der Waals surface area contributed by atoms with Crippen LogP contribution in [0.5, 0.6) is 0 Å². The van der Waals surface area contributed by atoms with E-state index in [4.69, 9.17) is 4.98 Å². The number of nitrogens with one attached hydrogen (secondary N) is 1. The Kier molecular flexibility index (Phi) is 8.02. The normalized spacial score (nSPS) is 14.8. The lowest BCUT2D eigenvalue weighted by molar-refractivity contribution is -0.131. The molecule has 30 heavy (non-hydrogen) atoms. The summed E-state index contributed by atoms with van der Waals surface area (Å²) in [5, 5.41) is 0. The van der Waals surface area contributed by atoms with E-state index in [1.165, 1.54) is 5.56 Å². The van der Waals surface area contributed by atoms with Crippen LogP contribution in [-0.4, -0.2) is 58.9 Å². The van der Waals surface area contributed by atoms with E-state index in [2.05, 4.69) is 33.8 Å². The zero-order valence-corrected chi connectivity index (χ0v) is 18.1. The smallest absolute Gasteiger partial charge is 0.252 e. The van der Waals surface area contributed by atoms with Gasteiger partial charge in [0.05, 0.1) is 5.69 Å². The van der Waals surface area contributed by atoms with Crippen LogP contribution in [0.15, 0.2) is 41.2 Å². The van der Waals surface area contributed by atoms with E-state index >= 15 is 0 Å². The van der Waals surface area contributed by atoms with Crippen molar-refractivity contribution in [2.24, 2.45) is 0 Å². The number of H-pyrrole nitrogens is 1. The first-order valence-electron chi connectivity index (χ1n) is 10.9. The third kappa shape index (κ3) is 6.42. The van der Waals surface area contributed by atoms with E-state index in [0.717, 1.165) is 44.6 Å². The largest absolute Gasteiger partial charge is 0.341 e. The highest BCUT2D eigenvalue weighted by Gasteiger charge is 2.20. The maximum Gasteiger partial charge on any atom is 0.252 e. The van der Waals surface area contributed by atoms with Gasteiger partial charge in [0.1, 0.15) is 0 Å². The van der Waals surface area contributed by atoms with Crippen molar-refractivity contribution in [3.8, 4) is 0 Å². The second kappa shape index (κ2) is 10.9. The standard InChI is InChI=1S/C23H33N5O2/c1-3-4-11-22(30)27-12-8-13-28(15-14-27)23-24-20(16-21(29)25-23)18-26(2)17-19-9-6-5-7-10-19/h5-7,9-10,16H,3-4,8,11-15,17-18H2,1-2H3,(H,24,25,29). The molecule has 0 spiro atoms. The quantitative estimate of drug-likeness (QED) is 0.723. The van der Waals surface area contributed by atoms with Gasteiger partial charge in [-0.05, 0) is 25.5 Å². The number of anilines is 1. The Morgan fingerprint density at radius 3 is 2.70 bits per heavy atom. The second-order valence-electron chi connectivity index (χ2n) is 8.04. The Morgan fingerprint density at radius 2 is 1.93 bits per heavy atom. The van der Waals surface area contributed by atoms with Gasteiger partial charge in [0.15, 0.2) is 0 Å². The molecule has 7 nitrogen and oxygen atoms in total. The van der Waals surface area contributed by atoms with Gasteiger partial charge in [0.2, 0.25) is 11.9 Å². The molecule has 7 heteroatoms. The lowest BCUT2D eigenvalue weighted by Crippen LogP contribution is -2.36. The van der Waals surface area contributed by atoms with Crippen molar-refractivity contribution in [3.05, 3.63) is 58.0 Å². The number of amides is 1. The Bertz CT molecular complexity index is 867. The molecule has 1 aromatic carbocycles. The van der Waals surface area contributed by atoms with Crippen LogP contribution in [0.4, 0.5) is 5.95 Å². The number of carbonyl (C=O) groups excluding carboxylic acids is 1. The molecule has 3 rings (SSSR count). The zero-order chi connectivity index (χ0) is 21.3. The fourth-order valence-electron chi connectivity index (χ4n) is 3.82. The molecule has 0 atom stereocenters. The third-order valence-electron chi connectivity index (χ3n) is 5.40. The molecule has 1 saturated heterocycles. The van der Waals surface area contributed by atoms with Gasteiger partial charge in [-0.2, -0.15) is 0 Å². The molecule has 1 aromatic heterocycles. The molecule has 1 amide bonds. The predicted octanol–water partition coefficient (Wildman–Crippen LogP) is 2.63. The van der Waals surface area contributed by atoms with Crippen LogP contribution in [0.2, 0.25) is 0 Å². The van der Waals surface area contributed by atoms with Gasteiger partial charge in [-0.15, -0.1) is 0 Å². The molecule has 1 aliphatic heterocycles. The molecule has 0 radical (unpaired) electrons. The van der Waals surface area contributed by atoms with Crippen LogP contribution in [0.3, 0.4) is 0 Å². The second-order valence-corrected chi connectivity index (χ2v) is 8.04. The van der Waals surface area contributed by atoms with Gasteiger partial charge in [0, 0.05) is 51.8 Å². The summed E-state index contributed by atoms with van der Waals surface area (Å²) in [6, 6.07) is 11.8. The van der Waals surface area contributed by atoms with Gasteiger partial charge >= 0.3 is 0 Å². The summed E-state index contributed by atoms with van der Waals surface area (Å²) in [6.07, 6.45) is 3.46. The SMILES string of the molecule is CCCCC(=O)N1CCCN(c2nc(CN(C)Cc3ccccc3)cc(=O)[nH]2)CC1. The minimum Gasteiger partial charge on any atom is -0.341 e. The van der Waals surface area contributed by atoms with Crippen LogP contribution < -0.4 is 10.5 Å². The number of rotatable bonds is 8. The first kappa shape index (κ1) is 22.0. The van der Waals surface area contributed by atoms with Crippen molar-refractivity contribution in [1.29, 1.82) is 0 Å². The van der Waals surface area contributed by atoms with E-state index < -0.39 is 0 Å². The number of carbonyl (C=O) groups is 1. The number of hydrogen-bond acceptors (Lipinski definition) is 5. The van der Waals surface area contributed by atoms with Crippen LogP contribution >= 0.6 is 0 Å². The van der Waals surface area contributed by atoms with Gasteiger partial charge < -0.3 is 9.80 Å². The van der Waals surface area contributed by atoms with Crippen LogP contribution in [-0.2, 0) is 17.9 Å². The number of hydrogen-bond donors (Lipinski definition) is 1. The fraction of sp³-hybridized carbons (Fsp3) is 0.522. The maximum atomic E-state index is 12.4. The summed E-state index contributed by atoms with van der Waals surface area (Å²) < 4.78 is 0. The van der Waals surface area contributed by atoms with Crippen molar-refractivity contribution in [2.75, 3.05) is 38.1 Å². The molecule has 2 heterocycles. The minimum absolute atomic E-state index is 0.136. The summed E-state index contributed by atoms with van der Waals surface area (Å²) in [6.45, 7) is 6.40. The van der Waals surface area contributed by atoms with E-state index in [0.29, 0.717) is 32.0 Å². The number of unbranched alkanes of at least 4 members (excludes halogenated alkanes) is 1. The third-order valence-corrected chi connectivity index (χ3v) is 5.40. The molecule has 0 bridgehead atoms. The van der Waals surface area contributed by atoms with Crippen molar-refractivity contribution in [2.45, 2.75) is 45.7 Å². The molecule has 2 aromatic rings. The summed E-state index contributed by atoms with van der Waals surface area (Å²) >= 11 is 0. The van der Waals surface area contributed by atoms with Gasteiger partial charge in [-0.3, -0.25) is 19.5 Å². The first-order chi connectivity index (χ1) is 14.5. The Balaban J connectivity index is 1.63. The molecular formula is C23H33N5O2. The average Bonchev–Trinajstić information content (AvgIpc) is 2.98. The van der Waals surface area contributed by atoms with Crippen molar-refractivity contribution in [1.82, 2.24) is 19.8 Å². The minimum atomic E-state index is -0.136. The highest BCUT2D eigenvalue weighted by atomic mass is 16.2. The Morgan fingerprint density at radius 1 is 1.13 bits per heavy atom. The van der Waals surface area contributed by atoms with Crippen LogP contribution in [0, 0.1) is 0 Å². The van der Waals surface area contributed by atoms with Gasteiger partial charge in [-0.1, -0.05) is 43.7 Å². The maximum absolute atomic E-state index is 12.4. The van der Waals surface area contributed by atoms with Crippen LogP contribution in [0.1, 0.15) is 43.9 Å². The first-order valence-corrected chi connectivity index (χ1v) is 10.9. The predicted molar refractivity (Wildman–Crippen MR) is 119 cm³/mol. The van der Waals surface area contributed by atoms with E-state index in [1.807, 2.05) is 30.1 Å². The topological polar surface area (TPSA) is 72.5 Å². The zero-order valence-electron chi connectivity index (χ0n) is 18.1. The molecule has 1 N–H and O–H groups in total. The fourth-order valence-corrected chi connectivity index (χ4v) is 3.82. The monoisotopic (exact) mass is 411 g/mol. The molecule has 0 unspecified atom stereocenters. The lowest BCUT2D eigenvalue weighted by Gasteiger charge is -2.23. The number of nitrogens with zero attached hydrogens (tertiary/aromatic N) is 4. The highest BCUT2D eigenvalue weighted by Crippen LogP contribution is 2.13.